The number of allylic oxidation sites excluding steroid dienone is 20. The van der Waals surface area contributed by atoms with Gasteiger partial charge < -0.3 is 14.6 Å². The Morgan fingerprint density at radius 2 is 0.840 bits per heavy atom. The number of esters is 2. The molecule has 5 heteroatoms. The van der Waals surface area contributed by atoms with Crippen LogP contribution in [0.15, 0.2) is 122 Å². The van der Waals surface area contributed by atoms with Gasteiger partial charge in [0.05, 0.1) is 6.61 Å². The fourth-order valence-electron chi connectivity index (χ4n) is 4.45. The number of hydrogen-bond donors (Lipinski definition) is 1. The Labute approximate surface area is 305 Å². The zero-order chi connectivity index (χ0) is 36.4. The van der Waals surface area contributed by atoms with Gasteiger partial charge in [0.2, 0.25) is 0 Å². The number of aliphatic hydroxyl groups is 1. The molecule has 0 rings (SSSR count). The predicted molar refractivity (Wildman–Crippen MR) is 214 cm³/mol. The minimum absolute atomic E-state index is 0.125. The highest BCUT2D eigenvalue weighted by molar-refractivity contribution is 5.70. The van der Waals surface area contributed by atoms with E-state index in [1.165, 1.54) is 0 Å². The summed E-state index contributed by atoms with van der Waals surface area (Å²) < 4.78 is 10.5. The molecule has 278 valence electrons. The number of aliphatic hydroxyl groups excluding tert-OH is 1. The van der Waals surface area contributed by atoms with Gasteiger partial charge in [0, 0.05) is 12.8 Å². The van der Waals surface area contributed by atoms with E-state index in [0.717, 1.165) is 96.3 Å². The SMILES string of the molecule is CC/C=C\C/C=C\C/C=C\C/C=C\C/C=C\C/C=C\CCC(=O)OC[C@H](CO)OC(=O)CCCCCC/C=C\C/C=C\C/C=C\C/C=C\CC. The lowest BCUT2D eigenvalue weighted by Crippen LogP contribution is -2.28. The Bertz CT molecular complexity index is 1100. The van der Waals surface area contributed by atoms with Gasteiger partial charge in [-0.2, -0.15) is 0 Å². The van der Waals surface area contributed by atoms with Gasteiger partial charge in [0.25, 0.3) is 0 Å². The van der Waals surface area contributed by atoms with E-state index in [1.54, 1.807) is 0 Å². The number of carbonyl (C=O) groups is 2. The van der Waals surface area contributed by atoms with Crippen molar-refractivity contribution in [1.29, 1.82) is 0 Å². The van der Waals surface area contributed by atoms with Crippen molar-refractivity contribution in [3.8, 4) is 0 Å². The Hall–Kier alpha value is -3.70. The van der Waals surface area contributed by atoms with Crippen molar-refractivity contribution in [2.75, 3.05) is 13.2 Å². The maximum Gasteiger partial charge on any atom is 0.306 e. The smallest absolute Gasteiger partial charge is 0.306 e. The summed E-state index contributed by atoms with van der Waals surface area (Å²) >= 11 is 0. The molecular weight excluding hydrogens is 620 g/mol. The summed E-state index contributed by atoms with van der Waals surface area (Å²) in [6.45, 7) is 3.79. The maximum atomic E-state index is 12.2. The van der Waals surface area contributed by atoms with E-state index in [4.69, 9.17) is 9.47 Å². The van der Waals surface area contributed by atoms with Crippen LogP contribution < -0.4 is 0 Å². The fourth-order valence-corrected chi connectivity index (χ4v) is 4.45. The fraction of sp³-hybridized carbons (Fsp3) is 0.511. The van der Waals surface area contributed by atoms with Crippen molar-refractivity contribution in [3.63, 3.8) is 0 Å². The lowest BCUT2D eigenvalue weighted by atomic mass is 10.1. The number of carbonyl (C=O) groups excluding carboxylic acids is 2. The van der Waals surface area contributed by atoms with Gasteiger partial charge in [-0.15, -0.1) is 0 Å². The molecule has 0 spiro atoms. The highest BCUT2D eigenvalue weighted by Gasteiger charge is 2.15. The molecule has 0 heterocycles. The quantitative estimate of drug-likeness (QED) is 0.0433. The van der Waals surface area contributed by atoms with Gasteiger partial charge in [-0.05, 0) is 89.9 Å². The first kappa shape index (κ1) is 46.3. The first-order valence-corrected chi connectivity index (χ1v) is 19.1. The van der Waals surface area contributed by atoms with E-state index in [2.05, 4.69) is 123 Å². The van der Waals surface area contributed by atoms with Crippen molar-refractivity contribution in [1.82, 2.24) is 0 Å². The summed E-state index contributed by atoms with van der Waals surface area (Å²) in [5.41, 5.74) is 0. The first-order valence-electron chi connectivity index (χ1n) is 19.1. The zero-order valence-electron chi connectivity index (χ0n) is 31.3. The Morgan fingerprint density at radius 1 is 0.460 bits per heavy atom. The third-order valence-corrected chi connectivity index (χ3v) is 7.26. The van der Waals surface area contributed by atoms with Crippen molar-refractivity contribution >= 4 is 11.9 Å². The molecule has 1 atom stereocenters. The van der Waals surface area contributed by atoms with Crippen LogP contribution in [0.3, 0.4) is 0 Å². The third kappa shape index (κ3) is 37.1. The van der Waals surface area contributed by atoms with Crippen LogP contribution in [0.25, 0.3) is 0 Å². The standard InChI is InChI=1S/C45H68O5/c1-3-5-7-9-11-13-15-17-19-21-22-24-25-27-29-31-33-35-37-39-44(47)49-42-43(41-46)50-45(48)40-38-36-34-32-30-28-26-23-20-18-16-14-12-10-8-6-4-2/h5-8,11-14,17-20,22,24,26-29,33,35,43,46H,3-4,9-10,15-16,21,23,25,30-32,34,36-42H2,1-2H3/b7-5-,8-6-,13-11-,14-12-,19-17-,20-18-,24-22-,28-26-,29-27-,35-33-/t43-/m0/s1. The van der Waals surface area contributed by atoms with Crippen LogP contribution in [0, 0.1) is 0 Å². The number of ether oxygens (including phenoxy) is 2. The molecule has 0 radical (unpaired) electrons. The highest BCUT2D eigenvalue weighted by atomic mass is 16.6. The van der Waals surface area contributed by atoms with Crippen LogP contribution in [0.4, 0.5) is 0 Å². The van der Waals surface area contributed by atoms with Gasteiger partial charge in [-0.3, -0.25) is 9.59 Å². The molecule has 0 aromatic heterocycles. The van der Waals surface area contributed by atoms with Crippen LogP contribution in [-0.2, 0) is 19.1 Å². The molecule has 0 aliphatic heterocycles. The summed E-state index contributed by atoms with van der Waals surface area (Å²) in [6, 6.07) is 0. The second-order valence-electron chi connectivity index (χ2n) is 11.9. The molecule has 5 nitrogen and oxygen atoms in total. The van der Waals surface area contributed by atoms with Crippen molar-refractivity contribution in [2.45, 2.75) is 136 Å². The van der Waals surface area contributed by atoms with E-state index in [9.17, 15) is 14.7 Å². The third-order valence-electron chi connectivity index (χ3n) is 7.26. The van der Waals surface area contributed by atoms with Crippen molar-refractivity contribution in [2.24, 2.45) is 0 Å². The average Bonchev–Trinajstić information content (AvgIpc) is 3.12. The van der Waals surface area contributed by atoms with Gasteiger partial charge in [0.1, 0.15) is 6.61 Å². The molecule has 50 heavy (non-hydrogen) atoms. The summed E-state index contributed by atoms with van der Waals surface area (Å²) in [4.78, 5) is 24.2. The molecule has 0 bridgehead atoms. The first-order chi connectivity index (χ1) is 24.6. The zero-order valence-corrected chi connectivity index (χ0v) is 31.3. The minimum Gasteiger partial charge on any atom is -0.462 e. The predicted octanol–water partition coefficient (Wildman–Crippen LogP) is 12.1. The summed E-state index contributed by atoms with van der Waals surface area (Å²) in [5, 5.41) is 9.54. The molecule has 0 fully saturated rings. The highest BCUT2D eigenvalue weighted by Crippen LogP contribution is 2.09. The topological polar surface area (TPSA) is 72.8 Å². The van der Waals surface area contributed by atoms with Gasteiger partial charge >= 0.3 is 11.9 Å². The average molecular weight is 689 g/mol. The lowest BCUT2D eigenvalue weighted by molar-refractivity contribution is -0.161. The van der Waals surface area contributed by atoms with E-state index in [-0.39, 0.29) is 31.6 Å². The molecule has 0 unspecified atom stereocenters. The van der Waals surface area contributed by atoms with E-state index in [1.807, 2.05) is 12.2 Å². The van der Waals surface area contributed by atoms with E-state index >= 15 is 0 Å². The van der Waals surface area contributed by atoms with Crippen molar-refractivity contribution in [3.05, 3.63) is 122 Å². The van der Waals surface area contributed by atoms with E-state index in [0.29, 0.717) is 12.8 Å². The second kappa shape index (κ2) is 39.7. The minimum atomic E-state index is -0.824. The van der Waals surface area contributed by atoms with Crippen LogP contribution in [0.1, 0.15) is 129 Å². The van der Waals surface area contributed by atoms with Crippen LogP contribution in [-0.4, -0.2) is 36.4 Å². The molecule has 0 aliphatic rings. The van der Waals surface area contributed by atoms with Crippen LogP contribution >= 0.6 is 0 Å². The van der Waals surface area contributed by atoms with Crippen molar-refractivity contribution < 1.29 is 24.2 Å². The molecular formula is C45H68O5. The summed E-state index contributed by atoms with van der Waals surface area (Å²) in [5.74, 6) is -0.732. The molecule has 1 N–H and O–H groups in total. The summed E-state index contributed by atoms with van der Waals surface area (Å²) in [7, 11) is 0. The molecule has 0 saturated carbocycles. The largest absolute Gasteiger partial charge is 0.462 e. The molecule has 0 aliphatic carbocycles. The Balaban J connectivity index is 3.80. The van der Waals surface area contributed by atoms with Gasteiger partial charge in [-0.1, -0.05) is 148 Å². The van der Waals surface area contributed by atoms with Gasteiger partial charge in [-0.25, -0.2) is 0 Å². The molecule has 0 amide bonds. The number of unbranched alkanes of at least 4 members (excludes halogenated alkanes) is 4. The lowest BCUT2D eigenvalue weighted by Gasteiger charge is -2.15. The monoisotopic (exact) mass is 689 g/mol. The van der Waals surface area contributed by atoms with Gasteiger partial charge in [0.15, 0.2) is 6.10 Å². The molecule has 0 aromatic carbocycles. The molecule has 0 aromatic rings. The summed E-state index contributed by atoms with van der Waals surface area (Å²) in [6.07, 6.45) is 58.3. The normalized spacial score (nSPS) is 13.6. The maximum absolute atomic E-state index is 12.2. The van der Waals surface area contributed by atoms with Crippen LogP contribution in [0.2, 0.25) is 0 Å². The number of hydrogen-bond acceptors (Lipinski definition) is 5. The Kier molecular flexibility index (Phi) is 36.8. The Morgan fingerprint density at radius 3 is 1.26 bits per heavy atom. The number of rotatable bonds is 32. The molecule has 0 saturated heterocycles. The van der Waals surface area contributed by atoms with E-state index < -0.39 is 6.10 Å². The second-order valence-corrected chi connectivity index (χ2v) is 11.9. The van der Waals surface area contributed by atoms with Crippen LogP contribution in [0.5, 0.6) is 0 Å².